The van der Waals surface area contributed by atoms with E-state index in [1.165, 1.54) is 5.56 Å². The van der Waals surface area contributed by atoms with Crippen molar-refractivity contribution in [2.24, 2.45) is 5.92 Å². The van der Waals surface area contributed by atoms with Crippen LogP contribution in [0.4, 0.5) is 0 Å². The van der Waals surface area contributed by atoms with Crippen molar-refractivity contribution < 1.29 is 4.79 Å². The van der Waals surface area contributed by atoms with Gasteiger partial charge in [0.2, 0.25) is 0 Å². The van der Waals surface area contributed by atoms with Crippen LogP contribution < -0.4 is 0 Å². The second-order valence-corrected chi connectivity index (χ2v) is 3.85. The standard InChI is InChI=1S/C13H14O/c1-10-12(8-5-9-13(10)14)11-6-3-2-4-7-11/h2-7,9-10,12H,8H2,1H3/t10-,12-/m0/s1. The lowest BCUT2D eigenvalue weighted by molar-refractivity contribution is -0.118. The van der Waals surface area contributed by atoms with Crippen molar-refractivity contribution in [1.29, 1.82) is 0 Å². The average Bonchev–Trinajstić information content (AvgIpc) is 2.23. The number of carbonyl (C=O) groups is 1. The van der Waals surface area contributed by atoms with E-state index in [1.54, 1.807) is 6.08 Å². The highest BCUT2D eigenvalue weighted by Gasteiger charge is 2.25. The molecule has 2 atom stereocenters. The van der Waals surface area contributed by atoms with Crippen molar-refractivity contribution in [3.63, 3.8) is 0 Å². The van der Waals surface area contributed by atoms with Gasteiger partial charge in [-0.05, 0) is 24.0 Å². The number of rotatable bonds is 1. The molecule has 0 aromatic heterocycles. The summed E-state index contributed by atoms with van der Waals surface area (Å²) >= 11 is 0. The largest absolute Gasteiger partial charge is 0.295 e. The van der Waals surface area contributed by atoms with Gasteiger partial charge in [0, 0.05) is 5.92 Å². The molecule has 1 aromatic rings. The maximum atomic E-state index is 11.5. The molecule has 0 unspecified atom stereocenters. The smallest absolute Gasteiger partial charge is 0.158 e. The fraction of sp³-hybridized carbons (Fsp3) is 0.308. The van der Waals surface area contributed by atoms with Crippen molar-refractivity contribution in [3.05, 3.63) is 48.0 Å². The van der Waals surface area contributed by atoms with E-state index in [0.717, 1.165) is 6.42 Å². The summed E-state index contributed by atoms with van der Waals surface area (Å²) in [5.74, 6) is 0.751. The first-order valence-corrected chi connectivity index (χ1v) is 5.04. The van der Waals surface area contributed by atoms with Crippen LogP contribution in [-0.4, -0.2) is 5.78 Å². The number of carbonyl (C=O) groups excluding carboxylic acids is 1. The van der Waals surface area contributed by atoms with Crippen LogP contribution >= 0.6 is 0 Å². The highest BCUT2D eigenvalue weighted by Crippen LogP contribution is 2.31. The highest BCUT2D eigenvalue weighted by molar-refractivity contribution is 5.93. The molecule has 0 saturated heterocycles. The Kier molecular flexibility index (Phi) is 2.49. The highest BCUT2D eigenvalue weighted by atomic mass is 16.1. The van der Waals surface area contributed by atoms with Crippen molar-refractivity contribution in [1.82, 2.24) is 0 Å². The molecule has 14 heavy (non-hydrogen) atoms. The minimum Gasteiger partial charge on any atom is -0.295 e. The molecule has 72 valence electrons. The lowest BCUT2D eigenvalue weighted by Gasteiger charge is -2.24. The predicted octanol–water partition coefficient (Wildman–Crippen LogP) is 2.94. The summed E-state index contributed by atoms with van der Waals surface area (Å²) in [7, 11) is 0. The molecule has 1 nitrogen and oxygen atoms in total. The van der Waals surface area contributed by atoms with E-state index in [-0.39, 0.29) is 11.7 Å². The predicted molar refractivity (Wildman–Crippen MR) is 57.1 cm³/mol. The van der Waals surface area contributed by atoms with Gasteiger partial charge in [-0.3, -0.25) is 4.79 Å². The molecule has 1 heteroatoms. The third-order valence-corrected chi connectivity index (χ3v) is 2.95. The van der Waals surface area contributed by atoms with Crippen molar-refractivity contribution in [3.8, 4) is 0 Å². The van der Waals surface area contributed by atoms with Crippen LogP contribution in [-0.2, 0) is 4.79 Å². The lowest BCUT2D eigenvalue weighted by Crippen LogP contribution is -2.20. The number of allylic oxidation sites excluding steroid dienone is 2. The van der Waals surface area contributed by atoms with Gasteiger partial charge in [0.15, 0.2) is 5.78 Å². The zero-order valence-electron chi connectivity index (χ0n) is 8.31. The van der Waals surface area contributed by atoms with Crippen molar-refractivity contribution in [2.75, 3.05) is 0 Å². The van der Waals surface area contributed by atoms with E-state index in [9.17, 15) is 4.79 Å². The fourth-order valence-electron chi connectivity index (χ4n) is 2.01. The summed E-state index contributed by atoms with van der Waals surface area (Å²) < 4.78 is 0. The van der Waals surface area contributed by atoms with Crippen LogP contribution in [0, 0.1) is 5.92 Å². The van der Waals surface area contributed by atoms with Crippen molar-refractivity contribution >= 4 is 5.78 Å². The molecule has 0 aliphatic heterocycles. The molecule has 1 aliphatic carbocycles. The van der Waals surface area contributed by atoms with E-state index < -0.39 is 0 Å². The molecule has 0 bridgehead atoms. The Hall–Kier alpha value is -1.37. The molecule has 0 fully saturated rings. The van der Waals surface area contributed by atoms with E-state index in [2.05, 4.69) is 12.1 Å². The minimum atomic E-state index is 0.127. The average molecular weight is 186 g/mol. The Morgan fingerprint density at radius 2 is 1.93 bits per heavy atom. The van der Waals surface area contributed by atoms with Gasteiger partial charge in [-0.25, -0.2) is 0 Å². The molecule has 0 N–H and O–H groups in total. The van der Waals surface area contributed by atoms with Gasteiger partial charge in [0.25, 0.3) is 0 Å². The summed E-state index contributed by atoms with van der Waals surface area (Å²) in [5, 5.41) is 0. The summed E-state index contributed by atoms with van der Waals surface area (Å²) in [6.45, 7) is 2.02. The third-order valence-electron chi connectivity index (χ3n) is 2.95. The Labute approximate surface area is 84.5 Å². The maximum absolute atomic E-state index is 11.5. The number of ketones is 1. The quantitative estimate of drug-likeness (QED) is 0.659. The fourth-order valence-corrected chi connectivity index (χ4v) is 2.01. The second kappa shape index (κ2) is 3.79. The summed E-state index contributed by atoms with van der Waals surface area (Å²) in [6, 6.07) is 10.3. The molecule has 0 amide bonds. The van der Waals surface area contributed by atoms with E-state index >= 15 is 0 Å². The molecular formula is C13H14O. The van der Waals surface area contributed by atoms with Crippen LogP contribution in [0.5, 0.6) is 0 Å². The number of benzene rings is 1. The van der Waals surface area contributed by atoms with Gasteiger partial charge in [0.05, 0.1) is 0 Å². The summed E-state index contributed by atoms with van der Waals surface area (Å²) in [6.07, 6.45) is 4.68. The second-order valence-electron chi connectivity index (χ2n) is 3.85. The zero-order chi connectivity index (χ0) is 9.97. The Morgan fingerprint density at radius 1 is 1.21 bits per heavy atom. The van der Waals surface area contributed by atoms with Gasteiger partial charge in [-0.2, -0.15) is 0 Å². The topological polar surface area (TPSA) is 17.1 Å². The molecular weight excluding hydrogens is 172 g/mol. The summed E-state index contributed by atoms with van der Waals surface area (Å²) in [4.78, 5) is 11.5. The minimum absolute atomic E-state index is 0.127. The zero-order valence-corrected chi connectivity index (χ0v) is 8.31. The monoisotopic (exact) mass is 186 g/mol. The van der Waals surface area contributed by atoms with Gasteiger partial charge in [0.1, 0.15) is 0 Å². The first-order chi connectivity index (χ1) is 6.79. The molecule has 0 saturated carbocycles. The SMILES string of the molecule is C[C@@H]1C(=O)C=CC[C@@H]1c1ccccc1. The first-order valence-electron chi connectivity index (χ1n) is 5.04. The Bertz CT molecular complexity index is 351. The van der Waals surface area contributed by atoms with E-state index in [0.29, 0.717) is 5.92 Å². The third kappa shape index (κ3) is 1.63. The molecule has 0 spiro atoms. The van der Waals surface area contributed by atoms with E-state index in [1.807, 2.05) is 31.2 Å². The van der Waals surface area contributed by atoms with Gasteiger partial charge < -0.3 is 0 Å². The lowest BCUT2D eigenvalue weighted by atomic mass is 9.79. The van der Waals surface area contributed by atoms with Crippen LogP contribution in [0.25, 0.3) is 0 Å². The van der Waals surface area contributed by atoms with Crippen LogP contribution in [0.3, 0.4) is 0 Å². The molecule has 0 heterocycles. The number of hydrogen-bond acceptors (Lipinski definition) is 1. The molecule has 0 radical (unpaired) electrons. The number of hydrogen-bond donors (Lipinski definition) is 0. The van der Waals surface area contributed by atoms with Crippen molar-refractivity contribution in [2.45, 2.75) is 19.3 Å². The molecule has 1 aromatic carbocycles. The molecule has 1 aliphatic rings. The normalized spacial score (nSPS) is 26.5. The van der Waals surface area contributed by atoms with Gasteiger partial charge in [-0.15, -0.1) is 0 Å². The Balaban J connectivity index is 2.28. The molecule has 2 rings (SSSR count). The van der Waals surface area contributed by atoms with Crippen LogP contribution in [0.15, 0.2) is 42.5 Å². The van der Waals surface area contributed by atoms with Crippen LogP contribution in [0.1, 0.15) is 24.8 Å². The van der Waals surface area contributed by atoms with Gasteiger partial charge in [-0.1, -0.05) is 43.3 Å². The van der Waals surface area contributed by atoms with Crippen LogP contribution in [0.2, 0.25) is 0 Å². The maximum Gasteiger partial charge on any atom is 0.158 e. The van der Waals surface area contributed by atoms with Gasteiger partial charge >= 0.3 is 0 Å². The summed E-state index contributed by atoms with van der Waals surface area (Å²) in [5.41, 5.74) is 1.28. The van der Waals surface area contributed by atoms with E-state index in [4.69, 9.17) is 0 Å². The Morgan fingerprint density at radius 3 is 2.64 bits per heavy atom. The first kappa shape index (κ1) is 9.20.